The molecule has 5 heteroatoms. The number of rotatable bonds is 4. The van der Waals surface area contributed by atoms with Crippen LogP contribution in [0, 0.1) is 0 Å². The molecule has 1 aliphatic heterocycles. The number of allylic oxidation sites excluding steroid dienone is 1. The molecule has 2 aromatic rings. The molecule has 110 valence electrons. The number of amides is 1. The average molecular weight is 293 g/mol. The van der Waals surface area contributed by atoms with E-state index in [1.54, 1.807) is 19.5 Å². The maximum atomic E-state index is 11.7. The fourth-order valence-electron chi connectivity index (χ4n) is 2.43. The van der Waals surface area contributed by atoms with Gasteiger partial charge < -0.3 is 10.5 Å². The smallest absolute Gasteiger partial charge is 0.267 e. The van der Waals surface area contributed by atoms with E-state index in [4.69, 9.17) is 10.5 Å². The molecule has 5 nitrogen and oxygen atoms in total. The summed E-state index contributed by atoms with van der Waals surface area (Å²) < 4.78 is 5.15. The summed E-state index contributed by atoms with van der Waals surface area (Å²) in [6.07, 6.45) is 3.98. The van der Waals surface area contributed by atoms with E-state index in [0.29, 0.717) is 12.1 Å². The lowest BCUT2D eigenvalue weighted by Crippen LogP contribution is -2.12. The van der Waals surface area contributed by atoms with Crippen LogP contribution in [0.3, 0.4) is 0 Å². The van der Waals surface area contributed by atoms with Crippen molar-refractivity contribution >= 4 is 17.2 Å². The van der Waals surface area contributed by atoms with Gasteiger partial charge in [-0.2, -0.15) is 0 Å². The monoisotopic (exact) mass is 293 g/mol. The Kier molecular flexibility index (Phi) is 3.70. The molecule has 3 rings (SSSR count). The topological polar surface area (TPSA) is 77.6 Å². The largest absolute Gasteiger partial charge is 0.497 e. The maximum absolute atomic E-state index is 11.7. The predicted octanol–water partition coefficient (Wildman–Crippen LogP) is 2.18. The lowest BCUT2D eigenvalue weighted by atomic mass is 9.98. The van der Waals surface area contributed by atoms with Crippen molar-refractivity contribution in [2.24, 2.45) is 10.7 Å². The molecule has 0 aliphatic carbocycles. The molecule has 2 N–H and O–H groups in total. The van der Waals surface area contributed by atoms with Crippen molar-refractivity contribution < 1.29 is 9.53 Å². The number of nitrogens with two attached hydrogens (primary N) is 1. The molecular weight excluding hydrogens is 278 g/mol. The second-order valence-electron chi connectivity index (χ2n) is 4.90. The third-order valence-corrected chi connectivity index (χ3v) is 3.54. The zero-order chi connectivity index (χ0) is 15.5. The van der Waals surface area contributed by atoms with E-state index in [9.17, 15) is 4.79 Å². The second-order valence-corrected chi connectivity index (χ2v) is 4.90. The van der Waals surface area contributed by atoms with Crippen molar-refractivity contribution in [3.8, 4) is 5.75 Å². The van der Waals surface area contributed by atoms with Crippen molar-refractivity contribution in [3.63, 3.8) is 0 Å². The molecule has 0 spiro atoms. The highest BCUT2D eigenvalue weighted by atomic mass is 16.5. The minimum atomic E-state index is -0.523. The van der Waals surface area contributed by atoms with Gasteiger partial charge in [0.1, 0.15) is 11.4 Å². The number of aliphatic imine (C=N–C) groups is 1. The third kappa shape index (κ3) is 2.61. The fraction of sp³-hybridized carbons (Fsp3) is 0.118. The van der Waals surface area contributed by atoms with Crippen LogP contribution in [0.1, 0.15) is 17.5 Å². The summed E-state index contributed by atoms with van der Waals surface area (Å²) in [6, 6.07) is 11.3. The Hall–Kier alpha value is -2.95. The first-order valence-electron chi connectivity index (χ1n) is 6.84. The number of hydrogen-bond donors (Lipinski definition) is 1. The average Bonchev–Trinajstić information content (AvgIpc) is 3.01. The van der Waals surface area contributed by atoms with Crippen molar-refractivity contribution in [3.05, 3.63) is 65.6 Å². The first kappa shape index (κ1) is 14.0. The first-order chi connectivity index (χ1) is 10.7. The first-order valence-corrected chi connectivity index (χ1v) is 6.84. The third-order valence-electron chi connectivity index (χ3n) is 3.54. The molecule has 1 aromatic carbocycles. The molecule has 2 heterocycles. The van der Waals surface area contributed by atoms with Gasteiger partial charge >= 0.3 is 0 Å². The van der Waals surface area contributed by atoms with Gasteiger partial charge in [0.05, 0.1) is 12.8 Å². The van der Waals surface area contributed by atoms with Crippen LogP contribution in [0.2, 0.25) is 0 Å². The normalized spacial score (nSPS) is 14.0. The van der Waals surface area contributed by atoms with Gasteiger partial charge in [0.25, 0.3) is 5.91 Å². The van der Waals surface area contributed by atoms with Gasteiger partial charge in [-0.1, -0.05) is 18.2 Å². The van der Waals surface area contributed by atoms with Gasteiger partial charge in [-0.25, -0.2) is 4.99 Å². The summed E-state index contributed by atoms with van der Waals surface area (Å²) in [6.45, 7) is 0. The van der Waals surface area contributed by atoms with Crippen molar-refractivity contribution in [2.75, 3.05) is 7.11 Å². The molecule has 1 aromatic heterocycles. The van der Waals surface area contributed by atoms with Crippen molar-refractivity contribution in [1.82, 2.24) is 4.98 Å². The lowest BCUT2D eigenvalue weighted by Gasteiger charge is -2.06. The summed E-state index contributed by atoms with van der Waals surface area (Å²) in [7, 11) is 1.61. The van der Waals surface area contributed by atoms with Gasteiger partial charge in [-0.05, 0) is 29.3 Å². The lowest BCUT2D eigenvalue weighted by molar-refractivity contribution is -0.114. The number of aromatic nitrogens is 1. The van der Waals surface area contributed by atoms with Gasteiger partial charge in [-0.15, -0.1) is 0 Å². The summed E-state index contributed by atoms with van der Waals surface area (Å²) in [4.78, 5) is 20.2. The molecule has 0 radical (unpaired) electrons. The van der Waals surface area contributed by atoms with Crippen LogP contribution in [-0.2, 0) is 4.79 Å². The van der Waals surface area contributed by atoms with E-state index in [1.807, 2.05) is 36.4 Å². The van der Waals surface area contributed by atoms with E-state index in [-0.39, 0.29) is 0 Å². The standard InChI is InChI=1S/C17H15N3O2/c1-22-13-6-4-11(5-7-13)14-9-15(20-16(14)17(18)21)12-3-2-8-19-10-12/h2-8,10H,9H2,1H3,(H2,18,21). The quantitative estimate of drug-likeness (QED) is 0.938. The number of carbonyl (C=O) groups is 1. The Balaban J connectivity index is 1.97. The number of primary amides is 1. The van der Waals surface area contributed by atoms with Crippen molar-refractivity contribution in [1.29, 1.82) is 0 Å². The second kappa shape index (κ2) is 5.81. The molecular formula is C17H15N3O2. The molecule has 0 saturated heterocycles. The molecule has 0 saturated carbocycles. The Morgan fingerprint density at radius 1 is 1.18 bits per heavy atom. The molecule has 1 aliphatic rings. The van der Waals surface area contributed by atoms with Crippen LogP contribution < -0.4 is 10.5 Å². The molecule has 0 bridgehead atoms. The SMILES string of the molecule is COc1ccc(C2=C(C(N)=O)N=C(c3cccnc3)C2)cc1. The number of pyridine rings is 1. The van der Waals surface area contributed by atoms with Gasteiger partial charge in [0, 0.05) is 24.4 Å². The highest BCUT2D eigenvalue weighted by molar-refractivity contribution is 6.16. The number of carbonyl (C=O) groups excluding carboxylic acids is 1. The Morgan fingerprint density at radius 3 is 2.55 bits per heavy atom. The predicted molar refractivity (Wildman–Crippen MR) is 84.5 cm³/mol. The Bertz CT molecular complexity index is 762. The van der Waals surface area contributed by atoms with E-state index in [0.717, 1.165) is 28.2 Å². The number of benzene rings is 1. The zero-order valence-corrected chi connectivity index (χ0v) is 12.1. The van der Waals surface area contributed by atoms with Crippen LogP contribution in [0.25, 0.3) is 5.57 Å². The molecule has 22 heavy (non-hydrogen) atoms. The highest BCUT2D eigenvalue weighted by Gasteiger charge is 2.23. The minimum Gasteiger partial charge on any atom is -0.497 e. The van der Waals surface area contributed by atoms with Crippen LogP contribution >= 0.6 is 0 Å². The van der Waals surface area contributed by atoms with E-state index < -0.39 is 5.91 Å². The number of nitrogens with zero attached hydrogens (tertiary/aromatic N) is 2. The van der Waals surface area contributed by atoms with E-state index >= 15 is 0 Å². The Morgan fingerprint density at radius 2 is 1.95 bits per heavy atom. The summed E-state index contributed by atoms with van der Waals surface area (Å²) in [5.74, 6) is 0.237. The maximum Gasteiger partial charge on any atom is 0.267 e. The van der Waals surface area contributed by atoms with Crippen LogP contribution in [0.5, 0.6) is 5.75 Å². The number of ether oxygens (including phenoxy) is 1. The van der Waals surface area contributed by atoms with Crippen LogP contribution in [0.15, 0.2) is 59.5 Å². The highest BCUT2D eigenvalue weighted by Crippen LogP contribution is 2.32. The zero-order valence-electron chi connectivity index (χ0n) is 12.1. The molecule has 0 fully saturated rings. The van der Waals surface area contributed by atoms with Crippen LogP contribution in [0.4, 0.5) is 0 Å². The Labute approximate surface area is 128 Å². The molecule has 0 unspecified atom stereocenters. The summed E-state index contributed by atoms with van der Waals surface area (Å²) in [5.41, 5.74) is 9.22. The number of hydrogen-bond acceptors (Lipinski definition) is 4. The van der Waals surface area contributed by atoms with Crippen LogP contribution in [-0.4, -0.2) is 23.7 Å². The number of methoxy groups -OCH3 is 1. The van der Waals surface area contributed by atoms with Crippen molar-refractivity contribution in [2.45, 2.75) is 6.42 Å². The van der Waals surface area contributed by atoms with E-state index in [1.165, 1.54) is 0 Å². The molecule has 0 atom stereocenters. The summed E-state index contributed by atoms with van der Waals surface area (Å²) in [5, 5.41) is 0. The van der Waals surface area contributed by atoms with Gasteiger partial charge in [-0.3, -0.25) is 9.78 Å². The van der Waals surface area contributed by atoms with Gasteiger partial charge in [0.15, 0.2) is 0 Å². The minimum absolute atomic E-state index is 0.309. The van der Waals surface area contributed by atoms with Gasteiger partial charge in [0.2, 0.25) is 0 Å². The fourth-order valence-corrected chi connectivity index (χ4v) is 2.43. The summed E-state index contributed by atoms with van der Waals surface area (Å²) >= 11 is 0. The van der Waals surface area contributed by atoms with E-state index in [2.05, 4.69) is 9.98 Å². The molecule has 1 amide bonds.